The van der Waals surface area contributed by atoms with Crippen LogP contribution < -0.4 is 0 Å². The molecule has 0 aromatic heterocycles. The van der Waals surface area contributed by atoms with Crippen molar-refractivity contribution in [1.82, 2.24) is 0 Å². The van der Waals surface area contributed by atoms with Crippen LogP contribution in [0.2, 0.25) is 0 Å². The number of carbonyl (C=O) groups excluding carboxylic acids is 2. The number of nitrogens with zero attached hydrogens (tertiary/aromatic N) is 1. The molecule has 0 amide bonds. The van der Waals surface area contributed by atoms with Gasteiger partial charge >= 0.3 is 17.9 Å². The lowest BCUT2D eigenvalue weighted by molar-refractivity contribution is -0.870. The van der Waals surface area contributed by atoms with Gasteiger partial charge in [-0.2, -0.15) is 0 Å². The number of allylic oxidation sites excluding steroid dienone is 24. The molecule has 0 aromatic carbocycles. The number of unbranched alkanes of at least 4 members (excludes halogenated alkanes) is 26. The highest BCUT2D eigenvalue weighted by atomic mass is 16.7. The summed E-state index contributed by atoms with van der Waals surface area (Å²) in [6, 6.07) is 0. The Kier molecular flexibility index (Phi) is 65.3. The molecule has 0 aromatic rings. The fourth-order valence-corrected chi connectivity index (χ4v) is 9.60. The molecule has 506 valence electrons. The molecule has 0 spiro atoms. The van der Waals surface area contributed by atoms with Gasteiger partial charge in [0.25, 0.3) is 6.29 Å². The maximum Gasteiger partial charge on any atom is 0.361 e. The highest BCUT2D eigenvalue weighted by molar-refractivity contribution is 5.71. The van der Waals surface area contributed by atoms with E-state index in [0.29, 0.717) is 23.9 Å². The number of ether oxygens (including phenoxy) is 4. The molecule has 0 aliphatic rings. The van der Waals surface area contributed by atoms with E-state index in [9.17, 15) is 19.5 Å². The van der Waals surface area contributed by atoms with Crippen LogP contribution in [0.5, 0.6) is 0 Å². The Morgan fingerprint density at radius 3 is 0.955 bits per heavy atom. The molecule has 0 rings (SSSR count). The smallest absolute Gasteiger partial charge is 0.361 e. The largest absolute Gasteiger partial charge is 0.477 e. The minimum Gasteiger partial charge on any atom is -0.477 e. The summed E-state index contributed by atoms with van der Waals surface area (Å²) < 4.78 is 23.0. The molecular formula is C80H134NO8+. The Morgan fingerprint density at radius 1 is 0.348 bits per heavy atom. The van der Waals surface area contributed by atoms with Gasteiger partial charge in [-0.05, 0) is 122 Å². The van der Waals surface area contributed by atoms with Crippen molar-refractivity contribution in [2.75, 3.05) is 47.5 Å². The van der Waals surface area contributed by atoms with Gasteiger partial charge in [0, 0.05) is 12.8 Å². The highest BCUT2D eigenvalue weighted by Gasteiger charge is 2.25. The highest BCUT2D eigenvalue weighted by Crippen LogP contribution is 2.16. The Hall–Kier alpha value is -4.83. The van der Waals surface area contributed by atoms with E-state index >= 15 is 0 Å². The Bertz CT molecular complexity index is 1970. The van der Waals surface area contributed by atoms with Gasteiger partial charge in [-0.25, -0.2) is 4.79 Å². The van der Waals surface area contributed by atoms with Gasteiger partial charge in [0.1, 0.15) is 13.2 Å². The normalized spacial score (nSPS) is 13.6. The van der Waals surface area contributed by atoms with Crippen LogP contribution in [0.25, 0.3) is 0 Å². The summed E-state index contributed by atoms with van der Waals surface area (Å²) in [7, 11) is 5.97. The number of hydrogen-bond acceptors (Lipinski definition) is 7. The van der Waals surface area contributed by atoms with Crippen LogP contribution >= 0.6 is 0 Å². The standard InChI is InChI=1S/C80H133NO8/c1-6-8-10-12-14-16-18-20-22-24-26-28-30-32-33-34-35-36-37-38-39-40-41-42-43-44-45-47-49-51-53-55-57-59-61-63-65-67-69-71-78(83)89-76(75-88-80(79(84)85)86-73-72-81(3,4)5)74-87-77(82)70-68-66-64-62-60-58-56-54-52-50-48-46-31-29-27-25-23-21-19-17-15-13-11-9-7-2/h8,10,14,16,19-22,25-28,31-33,35-36,38-39,41-42,44-46,76,80H,6-7,9,11-13,15,17-18,23-24,29-30,34,37,40,43,47-75H2,1-5H3/p+1/b10-8-,16-14-,21-19-,22-20-,27-25-,28-26-,33-32-,36-35-,39-38-,42-41-,45-44-,46-31-. The maximum absolute atomic E-state index is 13.0. The second-order valence-corrected chi connectivity index (χ2v) is 24.8. The van der Waals surface area contributed by atoms with E-state index in [2.05, 4.69) is 160 Å². The van der Waals surface area contributed by atoms with Crippen LogP contribution in [-0.2, 0) is 33.3 Å². The van der Waals surface area contributed by atoms with Gasteiger partial charge in [0.2, 0.25) is 0 Å². The molecule has 0 heterocycles. The van der Waals surface area contributed by atoms with Crippen molar-refractivity contribution in [3.8, 4) is 0 Å². The molecule has 0 aliphatic carbocycles. The predicted octanol–water partition coefficient (Wildman–Crippen LogP) is 22.7. The summed E-state index contributed by atoms with van der Waals surface area (Å²) in [5.74, 6) is -2.02. The number of rotatable bonds is 65. The van der Waals surface area contributed by atoms with E-state index in [1.165, 1.54) is 135 Å². The molecule has 9 nitrogen and oxygen atoms in total. The van der Waals surface area contributed by atoms with E-state index in [1.54, 1.807) is 0 Å². The van der Waals surface area contributed by atoms with Gasteiger partial charge in [0.15, 0.2) is 6.10 Å². The number of likely N-dealkylation sites (N-methyl/N-ethyl adjacent to an activating group) is 1. The summed E-state index contributed by atoms with van der Waals surface area (Å²) in [6.45, 7) is 4.75. The zero-order valence-electron chi connectivity index (χ0n) is 57.8. The first-order chi connectivity index (χ1) is 43.6. The minimum atomic E-state index is -1.52. The zero-order chi connectivity index (χ0) is 64.7. The second kappa shape index (κ2) is 69.1. The third-order valence-electron chi connectivity index (χ3n) is 15.1. The van der Waals surface area contributed by atoms with Gasteiger partial charge in [-0.1, -0.05) is 295 Å². The molecule has 89 heavy (non-hydrogen) atoms. The molecule has 1 N–H and O–H groups in total. The van der Waals surface area contributed by atoms with Crippen LogP contribution in [0.15, 0.2) is 146 Å². The van der Waals surface area contributed by atoms with E-state index < -0.39 is 24.3 Å². The lowest BCUT2D eigenvalue weighted by atomic mass is 10.0. The molecule has 0 bridgehead atoms. The average molecular weight is 1240 g/mol. The summed E-state index contributed by atoms with van der Waals surface area (Å²) >= 11 is 0. The van der Waals surface area contributed by atoms with E-state index in [1.807, 2.05) is 21.1 Å². The van der Waals surface area contributed by atoms with Crippen molar-refractivity contribution >= 4 is 17.9 Å². The Balaban J connectivity index is 4.15. The van der Waals surface area contributed by atoms with E-state index in [4.69, 9.17) is 18.9 Å². The third kappa shape index (κ3) is 70.5. The quantitative estimate of drug-likeness (QED) is 0.0211. The minimum absolute atomic E-state index is 0.180. The number of aliphatic carboxylic acids is 1. The fourth-order valence-electron chi connectivity index (χ4n) is 9.60. The van der Waals surface area contributed by atoms with Crippen molar-refractivity contribution < 1.29 is 42.9 Å². The van der Waals surface area contributed by atoms with Gasteiger partial charge < -0.3 is 28.5 Å². The number of carbonyl (C=O) groups is 3. The number of carboxylic acids is 1. The van der Waals surface area contributed by atoms with Crippen LogP contribution in [0.4, 0.5) is 0 Å². The molecule has 0 radical (unpaired) electrons. The number of carboxylic acid groups (broad SMARTS) is 1. The summed E-state index contributed by atoms with van der Waals surface area (Å²) in [5, 5.41) is 9.75. The van der Waals surface area contributed by atoms with Crippen molar-refractivity contribution in [2.45, 2.75) is 296 Å². The number of esters is 2. The summed E-state index contributed by atoms with van der Waals surface area (Å²) in [6.07, 6.45) is 98.1. The van der Waals surface area contributed by atoms with Gasteiger partial charge in [-0.15, -0.1) is 0 Å². The SMILES string of the molecule is CC/C=C\C/C=C\C/C=C\C/C=C\C/C=C\C/C=C\C/C=C\C/C=C\C/C=C\CCCCCCCCCCCCCC(=O)OC(COC(=O)CCCCCCCCCCCC/C=C\C/C=C\C/C=C\CCCCCCC)COC(OCC[N+](C)(C)C)C(=O)O. The third-order valence-corrected chi connectivity index (χ3v) is 15.1. The molecular weight excluding hydrogens is 1100 g/mol. The van der Waals surface area contributed by atoms with Crippen molar-refractivity contribution in [2.24, 2.45) is 0 Å². The first-order valence-corrected chi connectivity index (χ1v) is 36.0. The number of hydrogen-bond donors (Lipinski definition) is 1. The first kappa shape index (κ1) is 84.2. The van der Waals surface area contributed by atoms with E-state index in [-0.39, 0.29) is 32.2 Å². The van der Waals surface area contributed by atoms with Crippen LogP contribution in [0.1, 0.15) is 284 Å². The summed E-state index contributed by atoms with van der Waals surface area (Å²) in [5.41, 5.74) is 0. The predicted molar refractivity (Wildman–Crippen MR) is 382 cm³/mol. The zero-order valence-corrected chi connectivity index (χ0v) is 57.8. The molecule has 2 unspecified atom stereocenters. The topological polar surface area (TPSA) is 108 Å². The van der Waals surface area contributed by atoms with Crippen LogP contribution in [0, 0.1) is 0 Å². The summed E-state index contributed by atoms with van der Waals surface area (Å²) in [4.78, 5) is 37.6. The molecule has 2 atom stereocenters. The van der Waals surface area contributed by atoms with Crippen molar-refractivity contribution in [3.05, 3.63) is 146 Å². The fraction of sp³-hybridized carbons (Fsp3) is 0.662. The molecule has 0 saturated heterocycles. The van der Waals surface area contributed by atoms with E-state index in [0.717, 1.165) is 116 Å². The molecule has 9 heteroatoms. The molecule has 0 aliphatic heterocycles. The number of quaternary nitrogens is 1. The second-order valence-electron chi connectivity index (χ2n) is 24.8. The van der Waals surface area contributed by atoms with Gasteiger partial charge in [-0.3, -0.25) is 9.59 Å². The van der Waals surface area contributed by atoms with Crippen LogP contribution in [0.3, 0.4) is 0 Å². The lowest BCUT2D eigenvalue weighted by Crippen LogP contribution is -2.40. The maximum atomic E-state index is 13.0. The van der Waals surface area contributed by atoms with Crippen LogP contribution in [-0.4, -0.2) is 87.4 Å². The van der Waals surface area contributed by atoms with Crippen molar-refractivity contribution in [1.29, 1.82) is 0 Å². The monoisotopic (exact) mass is 1240 g/mol. The average Bonchev–Trinajstić information content (AvgIpc) is 3.64. The lowest BCUT2D eigenvalue weighted by Gasteiger charge is -2.25. The Labute approximate surface area is 547 Å². The van der Waals surface area contributed by atoms with Gasteiger partial charge in [0.05, 0.1) is 34.4 Å². The Morgan fingerprint density at radius 2 is 0.640 bits per heavy atom. The molecule has 0 fully saturated rings. The first-order valence-electron chi connectivity index (χ1n) is 36.0. The molecule has 0 saturated carbocycles. The van der Waals surface area contributed by atoms with Crippen molar-refractivity contribution in [3.63, 3.8) is 0 Å².